The van der Waals surface area contributed by atoms with Crippen molar-refractivity contribution in [2.24, 2.45) is 0 Å². The first-order valence-electron chi connectivity index (χ1n) is 3.34. The van der Waals surface area contributed by atoms with E-state index >= 15 is 0 Å². The van der Waals surface area contributed by atoms with Crippen molar-refractivity contribution in [2.75, 3.05) is 0 Å². The number of nitriles is 1. The summed E-state index contributed by atoms with van der Waals surface area (Å²) >= 11 is 0. The molecule has 14 heavy (non-hydrogen) atoms. The van der Waals surface area contributed by atoms with E-state index in [0.717, 1.165) is 0 Å². The van der Waals surface area contributed by atoms with E-state index in [1.54, 1.807) is 0 Å². The van der Waals surface area contributed by atoms with Crippen LogP contribution in [0.5, 0.6) is 0 Å². The molecule has 1 rings (SSSR count). The molecule has 1 aromatic carbocycles. The van der Waals surface area contributed by atoms with Gasteiger partial charge in [-0.1, -0.05) is 11.5 Å². The van der Waals surface area contributed by atoms with Gasteiger partial charge in [-0.15, -0.1) is 0 Å². The topological polar surface area (TPSA) is 23.8 Å². The van der Waals surface area contributed by atoms with Crippen LogP contribution < -0.4 is 56.8 Å². The minimum absolute atomic E-state index is 0. The molecule has 0 saturated carbocycles. The van der Waals surface area contributed by atoms with Gasteiger partial charge in [-0.25, -0.2) is 4.39 Å². The van der Waals surface area contributed by atoms with Crippen LogP contribution in [-0.2, 0) is 0 Å². The third-order valence-corrected chi connectivity index (χ3v) is 1.49. The second kappa shape index (κ2) is 5.28. The zero-order valence-electron chi connectivity index (χ0n) is 7.27. The van der Waals surface area contributed by atoms with E-state index < -0.39 is 23.8 Å². The van der Waals surface area contributed by atoms with Gasteiger partial charge in [0.1, 0.15) is 5.82 Å². The van der Waals surface area contributed by atoms with Crippen LogP contribution in [0.1, 0.15) is 5.56 Å². The van der Waals surface area contributed by atoms with Crippen molar-refractivity contribution in [3.63, 3.8) is 0 Å². The Balaban J connectivity index is 0.00000169. The van der Waals surface area contributed by atoms with E-state index in [1.165, 1.54) is 6.07 Å². The van der Waals surface area contributed by atoms with Crippen LogP contribution in [0.3, 0.4) is 0 Å². The average molecular weight is 227 g/mol. The van der Waals surface area contributed by atoms with Crippen LogP contribution in [0.15, 0.2) is 18.2 Å². The maximum atomic E-state index is 12.4. The molecular formula is C7H3BF4KN. The van der Waals surface area contributed by atoms with Crippen LogP contribution in [0.4, 0.5) is 17.3 Å². The second-order valence-corrected chi connectivity index (χ2v) is 2.42. The molecule has 0 fully saturated rings. The summed E-state index contributed by atoms with van der Waals surface area (Å²) in [5.41, 5.74) is -1.73. The molecule has 0 N–H and O–H groups in total. The number of hydrogen-bond donors (Lipinski definition) is 0. The largest absolute Gasteiger partial charge is 1.00 e. The minimum Gasteiger partial charge on any atom is -0.445 e. The number of halogens is 4. The molecule has 0 aliphatic heterocycles. The Morgan fingerprint density at radius 2 is 1.79 bits per heavy atom. The first-order valence-corrected chi connectivity index (χ1v) is 3.34. The predicted molar refractivity (Wildman–Crippen MR) is 39.8 cm³/mol. The van der Waals surface area contributed by atoms with E-state index in [0.29, 0.717) is 18.2 Å². The van der Waals surface area contributed by atoms with Crippen LogP contribution in [0.2, 0.25) is 0 Å². The number of nitrogens with zero attached hydrogens (tertiary/aromatic N) is 1. The van der Waals surface area contributed by atoms with Crippen molar-refractivity contribution in [1.29, 1.82) is 5.26 Å². The van der Waals surface area contributed by atoms with Crippen LogP contribution in [-0.4, -0.2) is 6.98 Å². The molecule has 0 amide bonds. The maximum absolute atomic E-state index is 12.4. The molecule has 0 unspecified atom stereocenters. The summed E-state index contributed by atoms with van der Waals surface area (Å²) in [5.74, 6) is -0.847. The smallest absolute Gasteiger partial charge is 0.445 e. The van der Waals surface area contributed by atoms with Gasteiger partial charge in [0, 0.05) is 5.56 Å². The molecule has 0 spiro atoms. The number of benzene rings is 1. The Morgan fingerprint density at radius 3 is 2.21 bits per heavy atom. The molecule has 7 heteroatoms. The summed E-state index contributed by atoms with van der Waals surface area (Å²) in [7, 11) is 0. The standard InChI is InChI=1S/C7H3BF4N.K/c9-6-1-2-7(8(10,11)12)5(3-6)4-13;/h1-3H;/q-1;+1. The Labute approximate surface area is 121 Å². The third-order valence-electron chi connectivity index (χ3n) is 1.49. The molecule has 1 nitrogen and oxygen atoms in total. The maximum Gasteiger partial charge on any atom is 1.00 e. The minimum atomic E-state index is -5.24. The fourth-order valence-corrected chi connectivity index (χ4v) is 0.911. The summed E-state index contributed by atoms with van der Waals surface area (Å²) in [6.07, 6.45) is 0. The van der Waals surface area contributed by atoms with Crippen molar-refractivity contribution in [3.05, 3.63) is 29.6 Å². The summed E-state index contributed by atoms with van der Waals surface area (Å²) in [6, 6.07) is 3.14. The molecule has 0 aliphatic rings. The molecule has 0 heterocycles. The summed E-state index contributed by atoms with van der Waals surface area (Å²) < 4.78 is 48.9. The van der Waals surface area contributed by atoms with Crippen molar-refractivity contribution >= 4 is 12.4 Å². The molecule has 0 radical (unpaired) electrons. The quantitative estimate of drug-likeness (QED) is 0.434. The first-order chi connectivity index (χ1) is 5.95. The summed E-state index contributed by atoms with van der Waals surface area (Å²) in [4.78, 5) is 0. The zero-order valence-corrected chi connectivity index (χ0v) is 10.4. The van der Waals surface area contributed by atoms with Crippen molar-refractivity contribution < 1.29 is 68.7 Å². The van der Waals surface area contributed by atoms with Gasteiger partial charge in [-0.05, 0) is 12.1 Å². The summed E-state index contributed by atoms with van der Waals surface area (Å²) in [5, 5.41) is 8.30. The van der Waals surface area contributed by atoms with Crippen molar-refractivity contribution in [2.45, 2.75) is 0 Å². The first kappa shape index (κ1) is 14.1. The SMILES string of the molecule is N#Cc1cc(F)ccc1[B-](F)(F)F.[K+]. The van der Waals surface area contributed by atoms with E-state index in [4.69, 9.17) is 5.26 Å². The van der Waals surface area contributed by atoms with Crippen molar-refractivity contribution in [1.82, 2.24) is 0 Å². The van der Waals surface area contributed by atoms with Crippen LogP contribution >= 0.6 is 0 Å². The Morgan fingerprint density at radius 1 is 1.21 bits per heavy atom. The second-order valence-electron chi connectivity index (χ2n) is 2.42. The Kier molecular flexibility index (Phi) is 5.33. The van der Waals surface area contributed by atoms with E-state index in [1.807, 2.05) is 0 Å². The Bertz CT molecular complexity index is 371. The fourth-order valence-electron chi connectivity index (χ4n) is 0.911. The summed E-state index contributed by atoms with van der Waals surface area (Å²) in [6.45, 7) is -5.24. The predicted octanol–water partition coefficient (Wildman–Crippen LogP) is -1.24. The number of hydrogen-bond acceptors (Lipinski definition) is 1. The van der Waals surface area contributed by atoms with Gasteiger partial charge >= 0.3 is 58.4 Å². The molecule has 68 valence electrons. The molecule has 0 bridgehead atoms. The fraction of sp³-hybridized carbons (Fsp3) is 0. The number of rotatable bonds is 1. The van der Waals surface area contributed by atoms with Gasteiger partial charge in [0.15, 0.2) is 0 Å². The monoisotopic (exact) mass is 227 g/mol. The van der Waals surface area contributed by atoms with Crippen molar-refractivity contribution in [3.8, 4) is 6.07 Å². The van der Waals surface area contributed by atoms with E-state index in [2.05, 4.69) is 0 Å². The van der Waals surface area contributed by atoms with Gasteiger partial charge < -0.3 is 12.9 Å². The van der Waals surface area contributed by atoms with Gasteiger partial charge in [-0.2, -0.15) is 5.26 Å². The molecular weight excluding hydrogens is 224 g/mol. The molecule has 0 aromatic heterocycles. The van der Waals surface area contributed by atoms with Crippen LogP contribution in [0.25, 0.3) is 0 Å². The van der Waals surface area contributed by atoms with Gasteiger partial charge in [0.05, 0.1) is 6.07 Å². The average Bonchev–Trinajstić information content (AvgIpc) is 2.01. The normalized spacial score (nSPS) is 10.2. The Hall–Kier alpha value is 0.131. The van der Waals surface area contributed by atoms with E-state index in [9.17, 15) is 17.3 Å². The zero-order chi connectivity index (χ0) is 10.1. The molecule has 0 atom stereocenters. The van der Waals surface area contributed by atoms with Gasteiger partial charge in [0.25, 0.3) is 0 Å². The van der Waals surface area contributed by atoms with Gasteiger partial charge in [-0.3, -0.25) is 0 Å². The molecule has 1 aromatic rings. The molecule has 0 aliphatic carbocycles. The van der Waals surface area contributed by atoms with Crippen LogP contribution in [0, 0.1) is 17.1 Å². The van der Waals surface area contributed by atoms with E-state index in [-0.39, 0.29) is 51.4 Å². The van der Waals surface area contributed by atoms with Gasteiger partial charge in [0.2, 0.25) is 0 Å². The third kappa shape index (κ3) is 3.37. The molecule has 0 saturated heterocycles.